The Balaban J connectivity index is 2.86. The molecule has 1 amide bonds. The van der Waals surface area contributed by atoms with E-state index in [1.165, 1.54) is 18.2 Å². The van der Waals surface area contributed by atoms with Gasteiger partial charge in [0.15, 0.2) is 0 Å². The lowest BCUT2D eigenvalue weighted by Gasteiger charge is -2.25. The van der Waals surface area contributed by atoms with Crippen molar-refractivity contribution in [3.63, 3.8) is 0 Å². The molecule has 0 aliphatic rings. The molecule has 1 N–H and O–H groups in total. The molecule has 0 bridgehead atoms. The number of rotatable bonds is 4. The smallest absolute Gasteiger partial charge is 0.254 e. The highest BCUT2D eigenvalue weighted by Gasteiger charge is 2.21. The molecule has 0 aromatic heterocycles. The first-order valence-corrected chi connectivity index (χ1v) is 6.01. The van der Waals surface area contributed by atoms with Crippen LogP contribution in [0.1, 0.15) is 44.0 Å². The van der Waals surface area contributed by atoms with Crippen molar-refractivity contribution < 1.29 is 9.18 Å². The van der Waals surface area contributed by atoms with E-state index in [0.29, 0.717) is 5.02 Å². The van der Waals surface area contributed by atoms with Crippen LogP contribution in [-0.2, 0) is 0 Å². The summed E-state index contributed by atoms with van der Waals surface area (Å²) in [5, 5.41) is 3.16. The van der Waals surface area contributed by atoms with Gasteiger partial charge >= 0.3 is 0 Å². The highest BCUT2D eigenvalue weighted by Crippen LogP contribution is 2.17. The minimum atomic E-state index is -0.556. The second-order valence-electron chi connectivity index (χ2n) is 4.71. The minimum absolute atomic E-state index is 0.0123. The number of hydrogen-bond acceptors (Lipinski definition) is 1. The summed E-state index contributed by atoms with van der Waals surface area (Å²) in [6, 6.07) is 3.96. The lowest BCUT2D eigenvalue weighted by Crippen LogP contribution is -2.43. The predicted molar refractivity (Wildman–Crippen MR) is 67.9 cm³/mol. The van der Waals surface area contributed by atoms with Gasteiger partial charge in [-0.2, -0.15) is 0 Å². The molecule has 0 unspecified atom stereocenters. The summed E-state index contributed by atoms with van der Waals surface area (Å²) in [6.45, 7) is 5.86. The fourth-order valence-corrected chi connectivity index (χ4v) is 1.91. The predicted octanol–water partition coefficient (Wildman–Crippen LogP) is 3.79. The van der Waals surface area contributed by atoms with Crippen molar-refractivity contribution in [1.29, 1.82) is 0 Å². The maximum absolute atomic E-state index is 13.5. The molecule has 0 atom stereocenters. The van der Waals surface area contributed by atoms with Gasteiger partial charge in [0.25, 0.3) is 5.91 Å². The summed E-state index contributed by atoms with van der Waals surface area (Å²) in [5.74, 6) is -0.984. The van der Waals surface area contributed by atoms with Crippen LogP contribution in [0, 0.1) is 5.82 Å². The van der Waals surface area contributed by atoms with Crippen LogP contribution in [0.4, 0.5) is 4.39 Å². The Morgan fingerprint density at radius 3 is 2.71 bits per heavy atom. The number of benzene rings is 1. The molecule has 94 valence electrons. The van der Waals surface area contributed by atoms with E-state index in [1.54, 1.807) is 0 Å². The summed E-state index contributed by atoms with van der Waals surface area (Å²) in [4.78, 5) is 11.9. The van der Waals surface area contributed by atoms with Gasteiger partial charge in [0.05, 0.1) is 5.56 Å². The Kier molecular flexibility index (Phi) is 4.52. The molecular weight excluding hydrogens is 241 g/mol. The van der Waals surface area contributed by atoms with Crippen molar-refractivity contribution in [3.05, 3.63) is 34.6 Å². The summed E-state index contributed by atoms with van der Waals surface area (Å²) in [7, 11) is 0. The fraction of sp³-hybridized carbons (Fsp3) is 0.462. The van der Waals surface area contributed by atoms with Gasteiger partial charge in [-0.05, 0) is 38.5 Å². The van der Waals surface area contributed by atoms with Gasteiger partial charge in [-0.3, -0.25) is 4.79 Å². The third kappa shape index (κ3) is 4.00. The van der Waals surface area contributed by atoms with Gasteiger partial charge < -0.3 is 5.32 Å². The molecular formula is C13H17ClFNO. The molecule has 17 heavy (non-hydrogen) atoms. The van der Waals surface area contributed by atoms with Crippen LogP contribution < -0.4 is 5.32 Å². The topological polar surface area (TPSA) is 29.1 Å². The standard InChI is InChI=1S/C13H17ClFNO/c1-4-7-13(2,3)16-12(17)10-8-9(14)5-6-11(10)15/h5-6,8H,4,7H2,1-3H3,(H,16,17). The average Bonchev–Trinajstić information content (AvgIpc) is 2.20. The van der Waals surface area contributed by atoms with Crippen molar-refractivity contribution in [3.8, 4) is 0 Å². The zero-order valence-electron chi connectivity index (χ0n) is 10.3. The Labute approximate surface area is 106 Å². The number of carbonyl (C=O) groups is 1. The average molecular weight is 258 g/mol. The summed E-state index contributed by atoms with van der Waals surface area (Å²) in [5.41, 5.74) is -0.359. The molecule has 0 saturated carbocycles. The van der Waals surface area contributed by atoms with Crippen molar-refractivity contribution in [2.24, 2.45) is 0 Å². The van der Waals surface area contributed by atoms with Gasteiger partial charge in [-0.1, -0.05) is 24.9 Å². The zero-order valence-corrected chi connectivity index (χ0v) is 11.1. The summed E-state index contributed by atoms with van der Waals surface area (Å²) in [6.07, 6.45) is 1.78. The van der Waals surface area contributed by atoms with Crippen LogP contribution in [-0.4, -0.2) is 11.4 Å². The van der Waals surface area contributed by atoms with Crippen LogP contribution in [0.5, 0.6) is 0 Å². The van der Waals surface area contributed by atoms with Crippen LogP contribution >= 0.6 is 11.6 Å². The number of amides is 1. The van der Waals surface area contributed by atoms with E-state index in [2.05, 4.69) is 5.32 Å². The molecule has 4 heteroatoms. The quantitative estimate of drug-likeness (QED) is 0.874. The van der Waals surface area contributed by atoms with Crippen molar-refractivity contribution >= 4 is 17.5 Å². The molecule has 1 aromatic carbocycles. The largest absolute Gasteiger partial charge is 0.347 e. The molecule has 0 heterocycles. The van der Waals surface area contributed by atoms with Crippen molar-refractivity contribution in [1.82, 2.24) is 5.32 Å². The van der Waals surface area contributed by atoms with Gasteiger partial charge in [0, 0.05) is 10.6 Å². The van der Waals surface area contributed by atoms with Gasteiger partial charge in [0.1, 0.15) is 5.82 Å². The van der Waals surface area contributed by atoms with Crippen LogP contribution in [0.3, 0.4) is 0 Å². The Bertz CT molecular complexity index is 418. The number of halogens is 2. The fourth-order valence-electron chi connectivity index (χ4n) is 1.73. The Hall–Kier alpha value is -1.09. The number of carbonyl (C=O) groups excluding carboxylic acids is 1. The van der Waals surface area contributed by atoms with E-state index in [4.69, 9.17) is 11.6 Å². The van der Waals surface area contributed by atoms with Crippen molar-refractivity contribution in [2.75, 3.05) is 0 Å². The zero-order chi connectivity index (χ0) is 13.1. The Morgan fingerprint density at radius 2 is 2.12 bits per heavy atom. The summed E-state index contributed by atoms with van der Waals surface area (Å²) >= 11 is 5.75. The Morgan fingerprint density at radius 1 is 1.47 bits per heavy atom. The molecule has 2 nitrogen and oxygen atoms in total. The van der Waals surface area contributed by atoms with E-state index in [-0.39, 0.29) is 11.1 Å². The maximum Gasteiger partial charge on any atom is 0.254 e. The first-order valence-electron chi connectivity index (χ1n) is 5.63. The van der Waals surface area contributed by atoms with Crippen LogP contribution in [0.15, 0.2) is 18.2 Å². The molecule has 0 saturated heterocycles. The first kappa shape index (κ1) is 14.0. The highest BCUT2D eigenvalue weighted by atomic mass is 35.5. The minimum Gasteiger partial charge on any atom is -0.347 e. The molecule has 1 aromatic rings. The molecule has 0 radical (unpaired) electrons. The van der Waals surface area contributed by atoms with Gasteiger partial charge in [-0.15, -0.1) is 0 Å². The second-order valence-corrected chi connectivity index (χ2v) is 5.15. The third-order valence-corrected chi connectivity index (χ3v) is 2.74. The van der Waals surface area contributed by atoms with E-state index in [1.807, 2.05) is 20.8 Å². The van der Waals surface area contributed by atoms with Crippen LogP contribution in [0.2, 0.25) is 5.02 Å². The third-order valence-electron chi connectivity index (χ3n) is 2.50. The second kappa shape index (κ2) is 5.50. The van der Waals surface area contributed by atoms with Gasteiger partial charge in [0.2, 0.25) is 0 Å². The van der Waals surface area contributed by atoms with Crippen molar-refractivity contribution in [2.45, 2.75) is 39.2 Å². The molecule has 0 spiro atoms. The monoisotopic (exact) mass is 257 g/mol. The lowest BCUT2D eigenvalue weighted by atomic mass is 9.98. The lowest BCUT2D eigenvalue weighted by molar-refractivity contribution is 0.0905. The highest BCUT2D eigenvalue weighted by molar-refractivity contribution is 6.31. The first-order chi connectivity index (χ1) is 7.85. The maximum atomic E-state index is 13.5. The van der Waals surface area contributed by atoms with E-state index < -0.39 is 11.7 Å². The number of nitrogens with one attached hydrogen (secondary N) is 1. The van der Waals surface area contributed by atoms with Gasteiger partial charge in [-0.25, -0.2) is 4.39 Å². The normalized spacial score (nSPS) is 11.4. The van der Waals surface area contributed by atoms with E-state index in [9.17, 15) is 9.18 Å². The number of hydrogen-bond donors (Lipinski definition) is 1. The molecule has 0 fully saturated rings. The molecule has 1 rings (SSSR count). The van der Waals surface area contributed by atoms with Crippen LogP contribution in [0.25, 0.3) is 0 Å². The summed E-state index contributed by atoms with van der Waals surface area (Å²) < 4.78 is 13.5. The van der Waals surface area contributed by atoms with E-state index in [0.717, 1.165) is 12.8 Å². The SMILES string of the molecule is CCCC(C)(C)NC(=O)c1cc(Cl)ccc1F. The molecule has 0 aliphatic carbocycles. The van der Waals surface area contributed by atoms with E-state index >= 15 is 0 Å². The molecule has 0 aliphatic heterocycles.